The summed E-state index contributed by atoms with van der Waals surface area (Å²) in [6.45, 7) is 0.708. The number of carbonyl (C=O) groups excluding carboxylic acids is 1. The first-order chi connectivity index (χ1) is 12.3. The number of hydrogen-bond donors (Lipinski definition) is 4. The number of aryl methyl sites for hydroxylation is 1. The molecule has 0 aliphatic carbocycles. The molecule has 0 bridgehead atoms. The molecular weight excluding hydrogens is 372 g/mol. The molecule has 1 aromatic heterocycles. The average molecular weight is 388 g/mol. The van der Waals surface area contributed by atoms with Crippen molar-refractivity contribution in [2.24, 2.45) is 0 Å². The Labute approximate surface area is 152 Å². The highest BCUT2D eigenvalue weighted by atomic mass is 35.5. The number of pyridine rings is 1. The second-order valence-corrected chi connectivity index (χ2v) is 5.74. The predicted octanol–water partition coefficient (Wildman–Crippen LogP) is 2.08. The van der Waals surface area contributed by atoms with E-state index in [0.29, 0.717) is 10.6 Å². The molecule has 0 spiro atoms. The zero-order valence-electron chi connectivity index (χ0n) is 13.6. The Morgan fingerprint density at radius 2 is 2.15 bits per heavy atom. The monoisotopic (exact) mass is 387 g/mol. The van der Waals surface area contributed by atoms with Gasteiger partial charge in [-0.1, -0.05) is 11.6 Å². The van der Waals surface area contributed by atoms with E-state index in [1.165, 1.54) is 6.20 Å². The van der Waals surface area contributed by atoms with Crippen molar-refractivity contribution in [3.05, 3.63) is 52.2 Å². The minimum atomic E-state index is -1.27. The molecule has 140 valence electrons. The third-order valence-electron chi connectivity index (χ3n) is 3.28. The number of halogens is 3. The first-order valence-corrected chi connectivity index (χ1v) is 7.79. The SMILES string of the molecule is Cc1cc(Cl)cnc1Nc1c(C(=O)NOCC(O)CO)ccc(F)c1F. The lowest BCUT2D eigenvalue weighted by Gasteiger charge is -2.15. The van der Waals surface area contributed by atoms with Gasteiger partial charge in [-0.05, 0) is 30.7 Å². The van der Waals surface area contributed by atoms with Gasteiger partial charge in [0.2, 0.25) is 0 Å². The standard InChI is InChI=1S/C16H16ClF2N3O4/c1-8-4-9(17)5-20-15(8)21-14-11(2-3-12(18)13(14)19)16(25)22-26-7-10(24)6-23/h2-5,10,23-24H,6-7H2,1H3,(H,20,21)(H,22,25). The molecule has 4 N–H and O–H groups in total. The van der Waals surface area contributed by atoms with E-state index in [4.69, 9.17) is 26.7 Å². The lowest BCUT2D eigenvalue weighted by molar-refractivity contribution is -0.0295. The number of hydrogen-bond acceptors (Lipinski definition) is 6. The Morgan fingerprint density at radius 3 is 2.81 bits per heavy atom. The van der Waals surface area contributed by atoms with Gasteiger partial charge in [0.1, 0.15) is 18.5 Å². The minimum absolute atomic E-state index is 0.185. The van der Waals surface area contributed by atoms with E-state index in [2.05, 4.69) is 10.3 Å². The fraction of sp³-hybridized carbons (Fsp3) is 0.250. The van der Waals surface area contributed by atoms with E-state index in [1.54, 1.807) is 13.0 Å². The van der Waals surface area contributed by atoms with E-state index >= 15 is 0 Å². The van der Waals surface area contributed by atoms with Gasteiger partial charge in [0.05, 0.1) is 22.9 Å². The van der Waals surface area contributed by atoms with Gasteiger partial charge in [-0.3, -0.25) is 9.63 Å². The van der Waals surface area contributed by atoms with Crippen molar-refractivity contribution in [3.8, 4) is 0 Å². The van der Waals surface area contributed by atoms with Crippen molar-refractivity contribution in [1.82, 2.24) is 10.5 Å². The number of anilines is 2. The molecule has 1 atom stereocenters. The second kappa shape index (κ2) is 8.86. The van der Waals surface area contributed by atoms with Crippen LogP contribution in [-0.4, -0.2) is 40.4 Å². The smallest absolute Gasteiger partial charge is 0.277 e. The lowest BCUT2D eigenvalue weighted by Crippen LogP contribution is -2.30. The zero-order chi connectivity index (χ0) is 19.3. The summed E-state index contributed by atoms with van der Waals surface area (Å²) < 4.78 is 27.9. The van der Waals surface area contributed by atoms with Crippen molar-refractivity contribution in [1.29, 1.82) is 0 Å². The Hall–Kier alpha value is -2.33. The van der Waals surface area contributed by atoms with E-state index in [0.717, 1.165) is 12.1 Å². The van der Waals surface area contributed by atoms with Crippen LogP contribution in [0.2, 0.25) is 5.02 Å². The first kappa shape index (κ1) is 20.0. The van der Waals surface area contributed by atoms with E-state index in [1.807, 2.05) is 5.48 Å². The van der Waals surface area contributed by atoms with Crippen LogP contribution in [-0.2, 0) is 4.84 Å². The van der Waals surface area contributed by atoms with Gasteiger partial charge in [-0.15, -0.1) is 0 Å². The highest BCUT2D eigenvalue weighted by Crippen LogP contribution is 2.27. The lowest BCUT2D eigenvalue weighted by atomic mass is 10.1. The topological polar surface area (TPSA) is 104 Å². The second-order valence-electron chi connectivity index (χ2n) is 5.31. The summed E-state index contributed by atoms with van der Waals surface area (Å²) in [5.41, 5.74) is 1.84. The number of carbonyl (C=O) groups is 1. The summed E-state index contributed by atoms with van der Waals surface area (Å²) in [7, 11) is 0. The quantitative estimate of drug-likeness (QED) is 0.542. The Morgan fingerprint density at radius 1 is 1.42 bits per heavy atom. The summed E-state index contributed by atoms with van der Waals surface area (Å²) >= 11 is 5.81. The van der Waals surface area contributed by atoms with Crippen LogP contribution in [0.1, 0.15) is 15.9 Å². The van der Waals surface area contributed by atoms with Gasteiger partial charge in [0, 0.05) is 6.20 Å². The highest BCUT2D eigenvalue weighted by Gasteiger charge is 2.20. The molecule has 0 saturated carbocycles. The van der Waals surface area contributed by atoms with Crippen LogP contribution < -0.4 is 10.8 Å². The van der Waals surface area contributed by atoms with Crippen molar-refractivity contribution >= 4 is 29.0 Å². The van der Waals surface area contributed by atoms with Gasteiger partial charge in [0.25, 0.3) is 5.91 Å². The molecule has 2 rings (SSSR count). The van der Waals surface area contributed by atoms with Crippen LogP contribution in [0.4, 0.5) is 20.3 Å². The summed E-state index contributed by atoms with van der Waals surface area (Å²) in [6, 6.07) is 3.42. The molecule has 2 aromatic rings. The summed E-state index contributed by atoms with van der Waals surface area (Å²) in [4.78, 5) is 20.9. The van der Waals surface area contributed by atoms with Gasteiger partial charge < -0.3 is 15.5 Å². The van der Waals surface area contributed by atoms with E-state index < -0.39 is 35.9 Å². The molecule has 1 aromatic carbocycles. The molecule has 0 aliphatic rings. The number of benzene rings is 1. The van der Waals surface area contributed by atoms with Gasteiger partial charge >= 0.3 is 0 Å². The van der Waals surface area contributed by atoms with E-state index in [-0.39, 0.29) is 18.0 Å². The normalized spacial score (nSPS) is 11.9. The molecule has 0 aliphatic heterocycles. The minimum Gasteiger partial charge on any atom is -0.394 e. The maximum Gasteiger partial charge on any atom is 0.277 e. The van der Waals surface area contributed by atoms with Crippen LogP contribution in [0.5, 0.6) is 0 Å². The number of nitrogens with one attached hydrogen (secondary N) is 2. The maximum atomic E-state index is 14.2. The molecule has 10 heteroatoms. The molecule has 0 radical (unpaired) electrons. The van der Waals surface area contributed by atoms with E-state index in [9.17, 15) is 13.6 Å². The first-order valence-electron chi connectivity index (χ1n) is 7.41. The molecular formula is C16H16ClF2N3O4. The summed E-state index contributed by atoms with van der Waals surface area (Å²) in [6.07, 6.45) is 0.117. The Balaban J connectivity index is 2.27. The van der Waals surface area contributed by atoms with Crippen molar-refractivity contribution in [2.45, 2.75) is 13.0 Å². The summed E-state index contributed by atoms with van der Waals surface area (Å²) in [5.74, 6) is -3.13. The number of aliphatic hydroxyl groups excluding tert-OH is 2. The van der Waals surface area contributed by atoms with Gasteiger partial charge in [-0.25, -0.2) is 19.2 Å². The van der Waals surface area contributed by atoms with Crippen molar-refractivity contribution < 1.29 is 28.6 Å². The van der Waals surface area contributed by atoms with Gasteiger partial charge in [0.15, 0.2) is 11.6 Å². The van der Waals surface area contributed by atoms with Crippen LogP contribution >= 0.6 is 11.6 Å². The third kappa shape index (κ3) is 4.85. The number of rotatable bonds is 7. The van der Waals surface area contributed by atoms with Crippen LogP contribution in [0, 0.1) is 18.6 Å². The number of hydroxylamine groups is 1. The third-order valence-corrected chi connectivity index (χ3v) is 3.49. The number of aromatic nitrogens is 1. The molecule has 7 nitrogen and oxygen atoms in total. The molecule has 0 saturated heterocycles. The Bertz CT molecular complexity index is 807. The number of aliphatic hydroxyl groups is 2. The maximum absolute atomic E-state index is 14.2. The Kier molecular flexibility index (Phi) is 6.81. The number of amides is 1. The average Bonchev–Trinajstić information content (AvgIpc) is 2.60. The van der Waals surface area contributed by atoms with Crippen LogP contribution in [0.3, 0.4) is 0 Å². The van der Waals surface area contributed by atoms with Gasteiger partial charge in [-0.2, -0.15) is 0 Å². The fourth-order valence-corrected chi connectivity index (χ4v) is 2.18. The summed E-state index contributed by atoms with van der Waals surface area (Å²) in [5, 5.41) is 20.8. The van der Waals surface area contributed by atoms with Crippen molar-refractivity contribution in [3.63, 3.8) is 0 Å². The zero-order valence-corrected chi connectivity index (χ0v) is 14.3. The fourth-order valence-electron chi connectivity index (χ4n) is 1.96. The van der Waals surface area contributed by atoms with Crippen LogP contribution in [0.25, 0.3) is 0 Å². The largest absolute Gasteiger partial charge is 0.394 e. The molecule has 0 fully saturated rings. The van der Waals surface area contributed by atoms with Crippen LogP contribution in [0.15, 0.2) is 24.4 Å². The molecule has 1 heterocycles. The highest BCUT2D eigenvalue weighted by molar-refractivity contribution is 6.30. The molecule has 1 amide bonds. The molecule has 1 unspecified atom stereocenters. The van der Waals surface area contributed by atoms with Crippen molar-refractivity contribution in [2.75, 3.05) is 18.5 Å². The predicted molar refractivity (Wildman–Crippen MR) is 90.1 cm³/mol. The molecule has 26 heavy (non-hydrogen) atoms. The number of nitrogens with zero attached hydrogens (tertiary/aromatic N) is 1.